The molecule has 80 valence electrons. The highest BCUT2D eigenvalue weighted by Crippen LogP contribution is 2.04. The molecular formula is C9H14N6. The van der Waals surface area contributed by atoms with Gasteiger partial charge in [0.2, 0.25) is 5.95 Å². The van der Waals surface area contributed by atoms with Crippen LogP contribution in [0.2, 0.25) is 0 Å². The predicted octanol–water partition coefficient (Wildman–Crippen LogP) is 0.469. The first-order chi connectivity index (χ1) is 7.16. The molecule has 0 bridgehead atoms. The van der Waals surface area contributed by atoms with Crippen molar-refractivity contribution in [2.24, 2.45) is 14.1 Å². The molecule has 0 atom stereocenters. The largest absolute Gasteiger partial charge is 0.349 e. The molecule has 1 N–H and O–H groups in total. The maximum absolute atomic E-state index is 4.25. The lowest BCUT2D eigenvalue weighted by Gasteiger charge is -2.04. The lowest BCUT2D eigenvalue weighted by Crippen LogP contribution is -2.09. The maximum atomic E-state index is 4.25. The molecule has 0 amide bonds. The van der Waals surface area contributed by atoms with Crippen LogP contribution in [-0.4, -0.2) is 24.5 Å². The van der Waals surface area contributed by atoms with Gasteiger partial charge in [-0.15, -0.1) is 0 Å². The number of rotatable bonds is 3. The Hall–Kier alpha value is -1.85. The Kier molecular flexibility index (Phi) is 2.40. The Balaban J connectivity index is 2.05. The van der Waals surface area contributed by atoms with Crippen LogP contribution in [0.3, 0.4) is 0 Å². The van der Waals surface area contributed by atoms with E-state index in [9.17, 15) is 0 Å². The fourth-order valence-electron chi connectivity index (χ4n) is 1.41. The summed E-state index contributed by atoms with van der Waals surface area (Å²) >= 11 is 0. The second-order valence-corrected chi connectivity index (χ2v) is 3.41. The summed E-state index contributed by atoms with van der Waals surface area (Å²) in [5.74, 6) is 1.54. The lowest BCUT2D eigenvalue weighted by molar-refractivity contribution is 0.711. The number of hydrogen-bond donors (Lipinski definition) is 1. The van der Waals surface area contributed by atoms with Gasteiger partial charge in [0.05, 0.1) is 12.2 Å². The zero-order valence-electron chi connectivity index (χ0n) is 9.10. The van der Waals surface area contributed by atoms with Gasteiger partial charge in [-0.25, -0.2) is 4.68 Å². The Morgan fingerprint density at radius 2 is 2.13 bits per heavy atom. The SMILES string of the molecule is Cc1nc(NCc2ccnn2C)n(C)n1. The van der Waals surface area contributed by atoms with Crippen LogP contribution >= 0.6 is 0 Å². The Bertz CT molecular complexity index is 455. The van der Waals surface area contributed by atoms with Crippen molar-refractivity contribution in [3.63, 3.8) is 0 Å². The van der Waals surface area contributed by atoms with Crippen molar-refractivity contribution < 1.29 is 0 Å². The standard InChI is InChI=1S/C9H14N6/c1-7-12-9(15(3)13-7)10-6-8-4-5-11-14(8)2/h4-5H,6H2,1-3H3,(H,10,12,13). The highest BCUT2D eigenvalue weighted by Gasteiger charge is 2.04. The van der Waals surface area contributed by atoms with Crippen molar-refractivity contribution in [3.05, 3.63) is 23.8 Å². The van der Waals surface area contributed by atoms with Gasteiger partial charge in [-0.1, -0.05) is 0 Å². The summed E-state index contributed by atoms with van der Waals surface area (Å²) in [6.45, 7) is 2.57. The Morgan fingerprint density at radius 3 is 2.67 bits per heavy atom. The van der Waals surface area contributed by atoms with Gasteiger partial charge in [0, 0.05) is 20.3 Å². The fourth-order valence-corrected chi connectivity index (χ4v) is 1.41. The molecule has 6 heteroatoms. The first-order valence-corrected chi connectivity index (χ1v) is 4.75. The summed E-state index contributed by atoms with van der Waals surface area (Å²) in [5, 5.41) is 11.4. The molecule has 15 heavy (non-hydrogen) atoms. The van der Waals surface area contributed by atoms with E-state index in [2.05, 4.69) is 20.5 Å². The number of nitrogens with zero attached hydrogens (tertiary/aromatic N) is 5. The average Bonchev–Trinajstić information content (AvgIpc) is 2.70. The van der Waals surface area contributed by atoms with Crippen LogP contribution < -0.4 is 5.32 Å². The molecule has 0 aliphatic rings. The summed E-state index contributed by atoms with van der Waals surface area (Å²) < 4.78 is 3.56. The van der Waals surface area contributed by atoms with Gasteiger partial charge < -0.3 is 5.32 Å². The molecule has 0 unspecified atom stereocenters. The van der Waals surface area contributed by atoms with E-state index >= 15 is 0 Å². The van der Waals surface area contributed by atoms with Gasteiger partial charge in [0.1, 0.15) is 5.82 Å². The van der Waals surface area contributed by atoms with Gasteiger partial charge in [0.25, 0.3) is 0 Å². The number of aryl methyl sites for hydroxylation is 3. The van der Waals surface area contributed by atoms with Crippen molar-refractivity contribution in [2.45, 2.75) is 13.5 Å². The maximum Gasteiger partial charge on any atom is 0.221 e. The molecule has 0 aliphatic heterocycles. The number of nitrogens with one attached hydrogen (secondary N) is 1. The fraction of sp³-hybridized carbons (Fsp3) is 0.444. The van der Waals surface area contributed by atoms with E-state index in [1.165, 1.54) is 0 Å². The van der Waals surface area contributed by atoms with Crippen molar-refractivity contribution in [2.75, 3.05) is 5.32 Å². The summed E-state index contributed by atoms with van der Waals surface area (Å²) in [6, 6.07) is 1.97. The second-order valence-electron chi connectivity index (χ2n) is 3.41. The normalized spacial score (nSPS) is 10.6. The average molecular weight is 206 g/mol. The van der Waals surface area contributed by atoms with Crippen LogP contribution in [-0.2, 0) is 20.6 Å². The minimum Gasteiger partial charge on any atom is -0.349 e. The van der Waals surface area contributed by atoms with E-state index in [4.69, 9.17) is 0 Å². The van der Waals surface area contributed by atoms with E-state index < -0.39 is 0 Å². The molecule has 0 radical (unpaired) electrons. The third-order valence-electron chi connectivity index (χ3n) is 2.22. The quantitative estimate of drug-likeness (QED) is 0.793. The minimum absolute atomic E-state index is 0.697. The van der Waals surface area contributed by atoms with E-state index in [-0.39, 0.29) is 0 Å². The van der Waals surface area contributed by atoms with Crippen molar-refractivity contribution in [1.29, 1.82) is 0 Å². The predicted molar refractivity (Wildman–Crippen MR) is 56.3 cm³/mol. The Labute approximate surface area is 87.9 Å². The van der Waals surface area contributed by atoms with E-state index in [0.29, 0.717) is 6.54 Å². The zero-order valence-corrected chi connectivity index (χ0v) is 9.10. The molecule has 2 aromatic heterocycles. The summed E-state index contributed by atoms with van der Waals surface area (Å²) in [6.07, 6.45) is 1.78. The molecule has 0 saturated heterocycles. The van der Waals surface area contributed by atoms with Crippen molar-refractivity contribution in [1.82, 2.24) is 24.5 Å². The Morgan fingerprint density at radius 1 is 1.33 bits per heavy atom. The van der Waals surface area contributed by atoms with Crippen molar-refractivity contribution in [3.8, 4) is 0 Å². The molecule has 2 heterocycles. The highest BCUT2D eigenvalue weighted by atomic mass is 15.4. The van der Waals surface area contributed by atoms with Crippen LogP contribution in [0.15, 0.2) is 12.3 Å². The van der Waals surface area contributed by atoms with Gasteiger partial charge >= 0.3 is 0 Å². The van der Waals surface area contributed by atoms with E-state index in [1.54, 1.807) is 10.9 Å². The number of hydrogen-bond acceptors (Lipinski definition) is 4. The van der Waals surface area contributed by atoms with E-state index in [1.807, 2.05) is 31.8 Å². The third kappa shape index (κ3) is 1.98. The van der Waals surface area contributed by atoms with Crippen LogP contribution in [0.4, 0.5) is 5.95 Å². The van der Waals surface area contributed by atoms with Crippen LogP contribution in [0.25, 0.3) is 0 Å². The van der Waals surface area contributed by atoms with Crippen molar-refractivity contribution >= 4 is 5.95 Å². The van der Waals surface area contributed by atoms with Crippen LogP contribution in [0.5, 0.6) is 0 Å². The molecule has 0 fully saturated rings. The number of aromatic nitrogens is 5. The zero-order chi connectivity index (χ0) is 10.8. The first kappa shape index (κ1) is 9.70. The van der Waals surface area contributed by atoms with Gasteiger partial charge in [-0.2, -0.15) is 15.2 Å². The number of anilines is 1. The van der Waals surface area contributed by atoms with Crippen LogP contribution in [0.1, 0.15) is 11.5 Å². The van der Waals surface area contributed by atoms with Crippen LogP contribution in [0, 0.1) is 6.92 Å². The summed E-state index contributed by atoms with van der Waals surface area (Å²) in [4.78, 5) is 4.25. The first-order valence-electron chi connectivity index (χ1n) is 4.75. The lowest BCUT2D eigenvalue weighted by atomic mass is 10.4. The molecular weight excluding hydrogens is 192 g/mol. The summed E-state index contributed by atoms with van der Waals surface area (Å²) in [7, 11) is 3.78. The molecule has 6 nitrogen and oxygen atoms in total. The van der Waals surface area contributed by atoms with Gasteiger partial charge in [-0.05, 0) is 13.0 Å². The van der Waals surface area contributed by atoms with E-state index in [0.717, 1.165) is 17.5 Å². The second kappa shape index (κ2) is 3.72. The smallest absolute Gasteiger partial charge is 0.221 e. The summed E-state index contributed by atoms with van der Waals surface area (Å²) in [5.41, 5.74) is 1.11. The van der Waals surface area contributed by atoms with Gasteiger partial charge in [0.15, 0.2) is 0 Å². The topological polar surface area (TPSA) is 60.6 Å². The highest BCUT2D eigenvalue weighted by molar-refractivity contribution is 5.25. The third-order valence-corrected chi connectivity index (χ3v) is 2.22. The molecule has 0 saturated carbocycles. The molecule has 2 rings (SSSR count). The molecule has 0 aromatic carbocycles. The minimum atomic E-state index is 0.697. The molecule has 0 spiro atoms. The monoisotopic (exact) mass is 206 g/mol. The molecule has 2 aromatic rings. The van der Waals surface area contributed by atoms with Gasteiger partial charge in [-0.3, -0.25) is 4.68 Å². The molecule has 0 aliphatic carbocycles.